The van der Waals surface area contributed by atoms with Gasteiger partial charge >= 0.3 is 0 Å². The highest BCUT2D eigenvalue weighted by atomic mass is 32.2. The molecule has 2 aromatic heterocycles. The number of carbonyl (C=O) groups is 1. The summed E-state index contributed by atoms with van der Waals surface area (Å²) in [5.41, 5.74) is 3.79. The van der Waals surface area contributed by atoms with Crippen molar-refractivity contribution in [3.05, 3.63) is 74.1 Å². The largest absolute Gasteiger partial charge is 0.354 e. The summed E-state index contributed by atoms with van der Waals surface area (Å²) < 4.78 is 0. The molecule has 146 valence electrons. The highest BCUT2D eigenvalue weighted by Gasteiger charge is 2.26. The van der Waals surface area contributed by atoms with Crippen LogP contribution in [-0.2, 0) is 24.2 Å². The molecule has 1 N–H and O–H groups in total. The van der Waals surface area contributed by atoms with Crippen LogP contribution in [-0.4, -0.2) is 30.2 Å². The summed E-state index contributed by atoms with van der Waals surface area (Å²) in [6, 6.07) is 13.2. The first kappa shape index (κ1) is 19.7. The molecule has 3 nitrogen and oxygen atoms in total. The third kappa shape index (κ3) is 4.69. The van der Waals surface area contributed by atoms with E-state index in [0.29, 0.717) is 13.0 Å². The monoisotopic (exact) mass is 428 g/mol. The van der Waals surface area contributed by atoms with E-state index in [1.807, 2.05) is 28.2 Å². The summed E-state index contributed by atoms with van der Waals surface area (Å²) in [6.07, 6.45) is 3.64. The van der Waals surface area contributed by atoms with Crippen molar-refractivity contribution >= 4 is 40.3 Å². The maximum Gasteiger partial charge on any atom is 0.224 e. The maximum atomic E-state index is 12.5. The molecule has 1 aliphatic rings. The number of hydrogen-bond acceptors (Lipinski definition) is 5. The van der Waals surface area contributed by atoms with Crippen molar-refractivity contribution in [1.82, 2.24) is 10.2 Å². The quantitative estimate of drug-likeness (QED) is 0.538. The number of benzene rings is 1. The molecule has 1 aliphatic heterocycles. The van der Waals surface area contributed by atoms with E-state index in [2.05, 4.69) is 52.2 Å². The lowest BCUT2D eigenvalue weighted by atomic mass is 10.0. The highest BCUT2D eigenvalue weighted by molar-refractivity contribution is 7.98. The molecule has 6 heteroatoms. The predicted molar refractivity (Wildman–Crippen MR) is 120 cm³/mol. The Morgan fingerprint density at radius 1 is 1.21 bits per heavy atom. The summed E-state index contributed by atoms with van der Waals surface area (Å²) in [5, 5.41) is 9.44. The van der Waals surface area contributed by atoms with E-state index in [9.17, 15) is 4.79 Å². The molecular formula is C22H24N2OS3. The molecule has 0 radical (unpaired) electrons. The van der Waals surface area contributed by atoms with Gasteiger partial charge in [0.05, 0.1) is 12.5 Å². The van der Waals surface area contributed by atoms with E-state index >= 15 is 0 Å². The predicted octanol–water partition coefficient (Wildman–Crippen LogP) is 4.99. The van der Waals surface area contributed by atoms with Crippen molar-refractivity contribution in [3.63, 3.8) is 0 Å². The van der Waals surface area contributed by atoms with E-state index in [0.717, 1.165) is 25.1 Å². The van der Waals surface area contributed by atoms with Crippen LogP contribution in [0, 0.1) is 0 Å². The van der Waals surface area contributed by atoms with Gasteiger partial charge in [0.2, 0.25) is 5.91 Å². The van der Waals surface area contributed by atoms with Gasteiger partial charge in [-0.25, -0.2) is 0 Å². The molecule has 0 saturated heterocycles. The third-order valence-corrected chi connectivity index (χ3v) is 7.71. The van der Waals surface area contributed by atoms with Crippen molar-refractivity contribution in [2.75, 3.05) is 19.3 Å². The zero-order valence-corrected chi connectivity index (χ0v) is 18.3. The number of nitrogens with zero attached hydrogens (tertiary/aromatic N) is 1. The maximum absolute atomic E-state index is 12.5. The lowest BCUT2D eigenvalue weighted by Crippen LogP contribution is -2.40. The van der Waals surface area contributed by atoms with E-state index in [4.69, 9.17) is 0 Å². The SMILES string of the molecule is CSc1ccc(C(CNC(=O)Cc2ccsc2)N2CCc3sccc3C2)cc1. The standard InChI is InChI=1S/C22H24N2OS3/c1-26-19-4-2-17(3-5-19)20(13-23-22(25)12-16-7-10-27-15-16)24-9-6-21-18(14-24)8-11-28-21/h2-5,7-8,10-11,15,20H,6,9,12-14H2,1H3,(H,23,25). The number of thioether (sulfide) groups is 1. The Hall–Kier alpha value is -1.60. The molecule has 0 aliphatic carbocycles. The molecule has 28 heavy (non-hydrogen) atoms. The number of nitrogens with one attached hydrogen (secondary N) is 1. The number of fused-ring (bicyclic) bond motifs is 1. The zero-order chi connectivity index (χ0) is 19.3. The average Bonchev–Trinajstić information content (AvgIpc) is 3.40. The minimum absolute atomic E-state index is 0.0948. The van der Waals surface area contributed by atoms with Gasteiger partial charge in [-0.3, -0.25) is 9.69 Å². The Morgan fingerprint density at radius 2 is 2.07 bits per heavy atom. The molecule has 1 atom stereocenters. The summed E-state index contributed by atoms with van der Waals surface area (Å²) in [6.45, 7) is 2.62. The van der Waals surface area contributed by atoms with Gasteiger partial charge in [-0.1, -0.05) is 12.1 Å². The first-order valence-electron chi connectivity index (χ1n) is 9.44. The van der Waals surface area contributed by atoms with Crippen molar-refractivity contribution in [1.29, 1.82) is 0 Å². The van der Waals surface area contributed by atoms with Crippen LogP contribution >= 0.6 is 34.4 Å². The highest BCUT2D eigenvalue weighted by Crippen LogP contribution is 2.31. The Kier molecular flexibility index (Phi) is 6.52. The molecule has 0 saturated carbocycles. The van der Waals surface area contributed by atoms with E-state index in [1.165, 1.54) is 20.9 Å². The second-order valence-corrected chi connectivity index (χ2v) is 9.65. The Labute approximate surface area is 178 Å². The van der Waals surface area contributed by atoms with Gasteiger partial charge in [0.15, 0.2) is 0 Å². The van der Waals surface area contributed by atoms with Gasteiger partial charge in [0.25, 0.3) is 0 Å². The fraction of sp³-hybridized carbons (Fsp3) is 0.318. The lowest BCUT2D eigenvalue weighted by molar-refractivity contribution is -0.120. The first-order chi connectivity index (χ1) is 13.7. The lowest BCUT2D eigenvalue weighted by Gasteiger charge is -2.35. The van der Waals surface area contributed by atoms with Crippen molar-refractivity contribution in [3.8, 4) is 0 Å². The number of thiophene rings is 2. The molecule has 0 fully saturated rings. The smallest absolute Gasteiger partial charge is 0.224 e. The topological polar surface area (TPSA) is 32.3 Å². The van der Waals surface area contributed by atoms with Crippen molar-refractivity contribution in [2.24, 2.45) is 0 Å². The van der Waals surface area contributed by atoms with Gasteiger partial charge in [-0.05, 0) is 69.8 Å². The second kappa shape index (κ2) is 9.27. The zero-order valence-electron chi connectivity index (χ0n) is 15.9. The summed E-state index contributed by atoms with van der Waals surface area (Å²) >= 11 is 5.25. The van der Waals surface area contributed by atoms with Crippen LogP contribution in [0.25, 0.3) is 0 Å². The Morgan fingerprint density at radius 3 is 2.82 bits per heavy atom. The molecule has 0 spiro atoms. The van der Waals surface area contributed by atoms with Gasteiger partial charge < -0.3 is 5.32 Å². The van der Waals surface area contributed by atoms with Crippen LogP contribution in [0.4, 0.5) is 0 Å². The minimum atomic E-state index is 0.0948. The second-order valence-electron chi connectivity index (χ2n) is 6.99. The molecular weight excluding hydrogens is 404 g/mol. The van der Waals surface area contributed by atoms with Gasteiger partial charge in [-0.15, -0.1) is 23.1 Å². The van der Waals surface area contributed by atoms with Crippen LogP contribution in [0.2, 0.25) is 0 Å². The van der Waals surface area contributed by atoms with Gasteiger partial charge in [0, 0.05) is 29.4 Å². The number of amides is 1. The van der Waals surface area contributed by atoms with Crippen LogP contribution in [0.3, 0.4) is 0 Å². The van der Waals surface area contributed by atoms with Crippen LogP contribution < -0.4 is 5.32 Å². The van der Waals surface area contributed by atoms with Gasteiger partial charge in [0.1, 0.15) is 0 Å². The van der Waals surface area contributed by atoms with Crippen LogP contribution in [0.15, 0.2) is 57.4 Å². The number of carbonyl (C=O) groups excluding carboxylic acids is 1. The number of hydrogen-bond donors (Lipinski definition) is 1. The third-order valence-electron chi connectivity index (χ3n) is 5.22. The normalized spacial score (nSPS) is 15.2. The van der Waals surface area contributed by atoms with E-state index < -0.39 is 0 Å². The fourth-order valence-electron chi connectivity index (χ4n) is 3.67. The fourth-order valence-corrected chi connectivity index (χ4v) is 5.64. The van der Waals surface area contributed by atoms with Crippen LogP contribution in [0.1, 0.15) is 27.6 Å². The molecule has 3 heterocycles. The average molecular weight is 429 g/mol. The summed E-state index contributed by atoms with van der Waals surface area (Å²) in [4.78, 5) is 17.7. The van der Waals surface area contributed by atoms with Crippen molar-refractivity contribution < 1.29 is 4.79 Å². The van der Waals surface area contributed by atoms with E-state index in [-0.39, 0.29) is 11.9 Å². The molecule has 1 amide bonds. The van der Waals surface area contributed by atoms with Gasteiger partial charge in [-0.2, -0.15) is 11.3 Å². The Balaban J connectivity index is 1.48. The van der Waals surface area contributed by atoms with Crippen molar-refractivity contribution in [2.45, 2.75) is 30.3 Å². The minimum Gasteiger partial charge on any atom is -0.354 e. The Bertz CT molecular complexity index is 902. The molecule has 1 aromatic carbocycles. The van der Waals surface area contributed by atoms with E-state index in [1.54, 1.807) is 23.1 Å². The summed E-state index contributed by atoms with van der Waals surface area (Å²) in [5.74, 6) is 0.0948. The molecule has 3 aromatic rings. The van der Waals surface area contributed by atoms with Crippen LogP contribution in [0.5, 0.6) is 0 Å². The summed E-state index contributed by atoms with van der Waals surface area (Å²) in [7, 11) is 0. The first-order valence-corrected chi connectivity index (χ1v) is 12.5. The molecule has 4 rings (SSSR count). The molecule has 1 unspecified atom stereocenters. The molecule has 0 bridgehead atoms. The number of rotatable bonds is 7.